The third-order valence-electron chi connectivity index (χ3n) is 2.94. The van der Waals surface area contributed by atoms with Crippen LogP contribution in [0.3, 0.4) is 0 Å². The van der Waals surface area contributed by atoms with Crippen molar-refractivity contribution in [2.24, 2.45) is 13.0 Å². The molecular weight excluding hydrogens is 448 g/mol. The summed E-state index contributed by atoms with van der Waals surface area (Å²) in [6.45, 7) is 4.58. The summed E-state index contributed by atoms with van der Waals surface area (Å²) in [5.74, 6) is -0.208. The van der Waals surface area contributed by atoms with Crippen molar-refractivity contribution in [1.82, 2.24) is 15.1 Å². The molecule has 0 bridgehead atoms. The molecule has 2 aromatic heterocycles. The minimum atomic E-state index is -0.285. The summed E-state index contributed by atoms with van der Waals surface area (Å²) in [6, 6.07) is 1.72. The number of hydrogen-bond acceptors (Lipinski definition) is 4. The van der Waals surface area contributed by atoms with Crippen LogP contribution in [0.2, 0.25) is 0 Å². The van der Waals surface area contributed by atoms with E-state index in [0.717, 1.165) is 8.26 Å². The topological polar surface area (TPSA) is 76.0 Å². The van der Waals surface area contributed by atoms with E-state index in [4.69, 9.17) is 0 Å². The van der Waals surface area contributed by atoms with Gasteiger partial charge in [0.1, 0.15) is 5.69 Å². The molecule has 0 atom stereocenters. The van der Waals surface area contributed by atoms with Gasteiger partial charge in [-0.15, -0.1) is 11.3 Å². The number of anilines is 1. The molecule has 6 nitrogen and oxygen atoms in total. The number of thiophene rings is 1. The molecule has 0 aromatic carbocycles. The zero-order chi connectivity index (χ0) is 17.1. The first kappa shape index (κ1) is 18.2. The molecule has 2 heterocycles. The van der Waals surface area contributed by atoms with Crippen molar-refractivity contribution in [1.29, 1.82) is 0 Å². The number of amides is 2. The molecule has 23 heavy (non-hydrogen) atoms. The minimum absolute atomic E-state index is 0.262. The Morgan fingerprint density at radius 3 is 2.61 bits per heavy atom. The van der Waals surface area contributed by atoms with Gasteiger partial charge in [0.2, 0.25) is 0 Å². The molecule has 0 spiro atoms. The summed E-state index contributed by atoms with van der Waals surface area (Å²) in [4.78, 5) is 25.1. The molecule has 2 amide bonds. The van der Waals surface area contributed by atoms with Crippen LogP contribution in [0.5, 0.6) is 0 Å². The van der Waals surface area contributed by atoms with Crippen LogP contribution in [0.25, 0.3) is 0 Å². The van der Waals surface area contributed by atoms with Crippen LogP contribution in [0.15, 0.2) is 20.5 Å². The van der Waals surface area contributed by atoms with E-state index < -0.39 is 0 Å². The number of hydrogen-bond donors (Lipinski definition) is 2. The van der Waals surface area contributed by atoms with Gasteiger partial charge in [-0.3, -0.25) is 14.3 Å². The number of carbonyl (C=O) groups excluding carboxylic acids is 2. The number of rotatable bonds is 5. The molecule has 124 valence electrons. The van der Waals surface area contributed by atoms with E-state index in [1.807, 2.05) is 13.8 Å². The van der Waals surface area contributed by atoms with Crippen LogP contribution in [0.4, 0.5) is 5.69 Å². The second-order valence-corrected chi connectivity index (χ2v) is 8.55. The molecule has 0 radical (unpaired) electrons. The summed E-state index contributed by atoms with van der Waals surface area (Å²) in [5, 5.41) is 9.63. The van der Waals surface area contributed by atoms with Gasteiger partial charge in [0.25, 0.3) is 11.8 Å². The number of aryl methyl sites for hydroxylation is 1. The summed E-state index contributed by atoms with van der Waals surface area (Å²) >= 11 is 8.01. The molecule has 0 aliphatic carbocycles. The molecular formula is C14H16Br2N4O2S. The average molecular weight is 464 g/mol. The van der Waals surface area contributed by atoms with Crippen LogP contribution < -0.4 is 10.6 Å². The number of halogens is 2. The highest BCUT2D eigenvalue weighted by molar-refractivity contribution is 9.13. The van der Waals surface area contributed by atoms with Gasteiger partial charge in [-0.25, -0.2) is 0 Å². The average Bonchev–Trinajstić information content (AvgIpc) is 3.00. The van der Waals surface area contributed by atoms with E-state index in [-0.39, 0.29) is 11.8 Å². The number of carbonyl (C=O) groups is 2. The molecule has 9 heteroatoms. The van der Waals surface area contributed by atoms with Crippen LogP contribution in [0, 0.1) is 5.92 Å². The van der Waals surface area contributed by atoms with Gasteiger partial charge in [0.05, 0.1) is 20.5 Å². The number of nitrogens with one attached hydrogen (secondary N) is 2. The predicted molar refractivity (Wildman–Crippen MR) is 98.1 cm³/mol. The highest BCUT2D eigenvalue weighted by Crippen LogP contribution is 2.32. The van der Waals surface area contributed by atoms with E-state index in [0.29, 0.717) is 28.7 Å². The highest BCUT2D eigenvalue weighted by Gasteiger charge is 2.20. The third-order valence-corrected chi connectivity index (χ3v) is 6.20. The Balaban J connectivity index is 2.17. The molecule has 0 unspecified atom stereocenters. The van der Waals surface area contributed by atoms with Crippen molar-refractivity contribution >= 4 is 60.7 Å². The first-order valence-electron chi connectivity index (χ1n) is 6.86. The maximum absolute atomic E-state index is 12.3. The minimum Gasteiger partial charge on any atom is -0.350 e. The van der Waals surface area contributed by atoms with Gasteiger partial charge >= 0.3 is 0 Å². The molecule has 2 N–H and O–H groups in total. The first-order chi connectivity index (χ1) is 10.8. The predicted octanol–water partition coefficient (Wildman–Crippen LogP) is 3.64. The van der Waals surface area contributed by atoms with Gasteiger partial charge in [0.15, 0.2) is 0 Å². The summed E-state index contributed by atoms with van der Waals surface area (Å²) in [7, 11) is 1.66. The highest BCUT2D eigenvalue weighted by atomic mass is 79.9. The van der Waals surface area contributed by atoms with E-state index in [9.17, 15) is 9.59 Å². The van der Waals surface area contributed by atoms with Crippen LogP contribution >= 0.6 is 43.2 Å². The summed E-state index contributed by atoms with van der Waals surface area (Å²) < 4.78 is 3.10. The van der Waals surface area contributed by atoms with Gasteiger partial charge in [-0.05, 0) is 43.8 Å². The molecule has 2 aromatic rings. The van der Waals surface area contributed by atoms with E-state index in [1.165, 1.54) is 22.2 Å². The lowest BCUT2D eigenvalue weighted by atomic mass is 10.2. The SMILES string of the molecule is CC(C)CNC(=O)c1c(NC(=O)c2cc(Br)c(Br)s2)cnn1C. The van der Waals surface area contributed by atoms with Crippen LogP contribution in [-0.2, 0) is 7.05 Å². The Morgan fingerprint density at radius 2 is 2.04 bits per heavy atom. The fraction of sp³-hybridized carbons (Fsp3) is 0.357. The van der Waals surface area contributed by atoms with E-state index >= 15 is 0 Å². The van der Waals surface area contributed by atoms with Crippen molar-refractivity contribution in [3.63, 3.8) is 0 Å². The third kappa shape index (κ3) is 4.42. The maximum Gasteiger partial charge on any atom is 0.271 e. The quantitative estimate of drug-likeness (QED) is 0.710. The second-order valence-electron chi connectivity index (χ2n) is 5.32. The van der Waals surface area contributed by atoms with Crippen LogP contribution in [0.1, 0.15) is 34.0 Å². The Morgan fingerprint density at radius 1 is 1.35 bits per heavy atom. The van der Waals surface area contributed by atoms with Gasteiger partial charge < -0.3 is 10.6 Å². The lowest BCUT2D eigenvalue weighted by Crippen LogP contribution is -2.30. The Labute approximate surface area is 154 Å². The molecule has 0 aliphatic heterocycles. The van der Waals surface area contributed by atoms with Crippen molar-refractivity contribution in [2.45, 2.75) is 13.8 Å². The standard InChI is InChI=1S/C14H16Br2N4O2S/c1-7(2)5-17-14(22)11-9(6-18-20(11)3)19-13(21)10-4-8(15)12(16)23-10/h4,6-7H,5H2,1-3H3,(H,17,22)(H,19,21). The fourth-order valence-corrected chi connectivity index (χ4v) is 3.75. The van der Waals surface area contributed by atoms with Gasteiger partial charge in [0, 0.05) is 18.1 Å². The van der Waals surface area contributed by atoms with E-state index in [2.05, 4.69) is 47.6 Å². The van der Waals surface area contributed by atoms with Crippen LogP contribution in [-0.4, -0.2) is 28.1 Å². The van der Waals surface area contributed by atoms with E-state index in [1.54, 1.807) is 13.1 Å². The zero-order valence-corrected chi connectivity index (χ0v) is 16.8. The maximum atomic E-state index is 12.3. The Kier molecular flexibility index (Phi) is 5.99. The normalized spacial score (nSPS) is 10.9. The Hall–Kier alpha value is -1.19. The largest absolute Gasteiger partial charge is 0.350 e. The summed E-state index contributed by atoms with van der Waals surface area (Å²) in [5.41, 5.74) is 0.716. The Bertz CT molecular complexity index is 720. The van der Waals surface area contributed by atoms with Crippen molar-refractivity contribution in [2.75, 3.05) is 11.9 Å². The van der Waals surface area contributed by atoms with Crippen molar-refractivity contribution in [3.05, 3.63) is 31.1 Å². The summed E-state index contributed by atoms with van der Waals surface area (Å²) in [6.07, 6.45) is 1.47. The monoisotopic (exact) mass is 462 g/mol. The fourth-order valence-electron chi connectivity index (χ4n) is 1.82. The molecule has 2 rings (SSSR count). The lowest BCUT2D eigenvalue weighted by molar-refractivity contribution is 0.0940. The molecule has 0 saturated heterocycles. The lowest BCUT2D eigenvalue weighted by Gasteiger charge is -2.10. The molecule has 0 fully saturated rings. The number of nitrogens with zero attached hydrogens (tertiary/aromatic N) is 2. The van der Waals surface area contributed by atoms with Crippen molar-refractivity contribution in [3.8, 4) is 0 Å². The molecule has 0 aliphatic rings. The van der Waals surface area contributed by atoms with Crippen molar-refractivity contribution < 1.29 is 9.59 Å². The van der Waals surface area contributed by atoms with Gasteiger partial charge in [-0.1, -0.05) is 13.8 Å². The first-order valence-corrected chi connectivity index (χ1v) is 9.26. The second kappa shape index (κ2) is 7.59. The zero-order valence-electron chi connectivity index (χ0n) is 12.8. The smallest absolute Gasteiger partial charge is 0.271 e. The number of aromatic nitrogens is 2. The van der Waals surface area contributed by atoms with Gasteiger partial charge in [-0.2, -0.15) is 5.10 Å². The molecule has 0 saturated carbocycles.